The van der Waals surface area contributed by atoms with Gasteiger partial charge in [-0.05, 0) is 12.8 Å². The lowest BCUT2D eigenvalue weighted by Crippen LogP contribution is -2.19. The highest BCUT2D eigenvalue weighted by atomic mass is 16.5. The lowest BCUT2D eigenvalue weighted by atomic mass is 10.1. The molecule has 1 aromatic heterocycles. The smallest absolute Gasteiger partial charge is 0.157 e. The predicted molar refractivity (Wildman–Crippen MR) is 74.8 cm³/mol. The maximum atomic E-state index is 5.69. The summed E-state index contributed by atoms with van der Waals surface area (Å²) < 4.78 is 10.7. The minimum Gasteiger partial charge on any atom is -0.383 e. The van der Waals surface area contributed by atoms with Crippen LogP contribution in [0.5, 0.6) is 0 Å². The molecule has 0 bridgehead atoms. The van der Waals surface area contributed by atoms with E-state index in [4.69, 9.17) is 9.47 Å². The van der Waals surface area contributed by atoms with Gasteiger partial charge in [-0.25, -0.2) is 9.97 Å². The highest BCUT2D eigenvalue weighted by molar-refractivity contribution is 5.06. The highest BCUT2D eigenvalue weighted by Crippen LogP contribution is 2.22. The molecule has 5 nitrogen and oxygen atoms in total. The van der Waals surface area contributed by atoms with Crippen LogP contribution in [0.25, 0.3) is 0 Å². The Morgan fingerprint density at radius 2 is 1.95 bits per heavy atom. The number of rotatable bonds is 9. The largest absolute Gasteiger partial charge is 0.383 e. The summed E-state index contributed by atoms with van der Waals surface area (Å²) in [6, 6.07) is 0. The van der Waals surface area contributed by atoms with Crippen LogP contribution >= 0.6 is 0 Å². The van der Waals surface area contributed by atoms with Gasteiger partial charge in [0, 0.05) is 44.8 Å². The molecule has 0 spiro atoms. The fraction of sp³-hybridized carbons (Fsp3) is 0.714. The van der Waals surface area contributed by atoms with E-state index < -0.39 is 0 Å². The van der Waals surface area contributed by atoms with E-state index in [9.17, 15) is 0 Å². The first-order valence-electron chi connectivity index (χ1n) is 6.81. The summed E-state index contributed by atoms with van der Waals surface area (Å²) in [7, 11) is 1.69. The molecule has 19 heavy (non-hydrogen) atoms. The van der Waals surface area contributed by atoms with E-state index in [1.165, 1.54) is 0 Å². The zero-order valence-electron chi connectivity index (χ0n) is 12.3. The minimum absolute atomic E-state index is 0.0273. The third kappa shape index (κ3) is 5.63. The molecule has 0 amide bonds. The molecular weight excluding hydrogens is 242 g/mol. The summed E-state index contributed by atoms with van der Waals surface area (Å²) in [6.45, 7) is 9.18. The summed E-state index contributed by atoms with van der Waals surface area (Å²) in [5, 5.41) is 3.26. The van der Waals surface area contributed by atoms with Gasteiger partial charge in [0.15, 0.2) is 5.82 Å². The fourth-order valence-corrected chi connectivity index (χ4v) is 1.75. The number of hydrogen-bond donors (Lipinski definition) is 1. The maximum Gasteiger partial charge on any atom is 0.157 e. The molecule has 0 aliphatic heterocycles. The first-order chi connectivity index (χ1) is 9.19. The standard InChI is InChI=1S/C14H25N3O2/c1-5-19-13(11(2)3)14-16-9-12(10-17-14)8-15-6-7-18-4/h9-11,13,15H,5-8H2,1-4H3. The van der Waals surface area contributed by atoms with Crippen LogP contribution in [0.2, 0.25) is 0 Å². The molecule has 1 rings (SSSR count). The van der Waals surface area contributed by atoms with Crippen LogP contribution in [0, 0.1) is 5.92 Å². The van der Waals surface area contributed by atoms with Crippen molar-refractivity contribution in [2.24, 2.45) is 5.92 Å². The number of nitrogens with zero attached hydrogens (tertiary/aromatic N) is 2. The minimum atomic E-state index is -0.0273. The summed E-state index contributed by atoms with van der Waals surface area (Å²) >= 11 is 0. The third-order valence-electron chi connectivity index (χ3n) is 2.74. The zero-order chi connectivity index (χ0) is 14.1. The average Bonchev–Trinajstić information content (AvgIpc) is 2.41. The van der Waals surface area contributed by atoms with E-state index in [1.807, 2.05) is 19.3 Å². The number of hydrogen-bond acceptors (Lipinski definition) is 5. The van der Waals surface area contributed by atoms with Crippen molar-refractivity contribution in [2.45, 2.75) is 33.4 Å². The van der Waals surface area contributed by atoms with Gasteiger partial charge < -0.3 is 14.8 Å². The van der Waals surface area contributed by atoms with Gasteiger partial charge in [-0.15, -0.1) is 0 Å². The van der Waals surface area contributed by atoms with Gasteiger partial charge in [0.2, 0.25) is 0 Å². The van der Waals surface area contributed by atoms with Crippen LogP contribution in [0.4, 0.5) is 0 Å². The summed E-state index contributed by atoms with van der Waals surface area (Å²) in [4.78, 5) is 8.82. The van der Waals surface area contributed by atoms with Crippen molar-refractivity contribution in [1.82, 2.24) is 15.3 Å². The summed E-state index contributed by atoms with van der Waals surface area (Å²) in [5.74, 6) is 1.13. The van der Waals surface area contributed by atoms with Crippen molar-refractivity contribution in [3.05, 3.63) is 23.8 Å². The Bertz CT molecular complexity index is 341. The molecule has 0 saturated carbocycles. The van der Waals surface area contributed by atoms with E-state index in [2.05, 4.69) is 29.1 Å². The SMILES string of the molecule is CCOC(c1ncc(CNCCOC)cn1)C(C)C. The molecular formula is C14H25N3O2. The van der Waals surface area contributed by atoms with Gasteiger partial charge in [0.25, 0.3) is 0 Å². The molecule has 0 radical (unpaired) electrons. The first-order valence-corrected chi connectivity index (χ1v) is 6.81. The summed E-state index contributed by atoms with van der Waals surface area (Å²) in [5.41, 5.74) is 1.07. The molecule has 1 heterocycles. The Balaban J connectivity index is 2.54. The molecule has 0 aromatic carbocycles. The number of methoxy groups -OCH3 is 1. The van der Waals surface area contributed by atoms with Crippen LogP contribution in [-0.2, 0) is 16.0 Å². The molecule has 0 aliphatic carbocycles. The molecule has 1 atom stereocenters. The van der Waals surface area contributed by atoms with Crippen LogP contribution in [-0.4, -0.2) is 36.8 Å². The Hall–Kier alpha value is -1.04. The van der Waals surface area contributed by atoms with E-state index >= 15 is 0 Å². The van der Waals surface area contributed by atoms with Crippen LogP contribution in [0.1, 0.15) is 38.3 Å². The molecule has 1 unspecified atom stereocenters. The van der Waals surface area contributed by atoms with Gasteiger partial charge >= 0.3 is 0 Å². The monoisotopic (exact) mass is 267 g/mol. The number of nitrogens with one attached hydrogen (secondary N) is 1. The second-order valence-electron chi connectivity index (χ2n) is 4.74. The Morgan fingerprint density at radius 3 is 2.47 bits per heavy atom. The fourth-order valence-electron chi connectivity index (χ4n) is 1.75. The number of aromatic nitrogens is 2. The molecule has 0 fully saturated rings. The van der Waals surface area contributed by atoms with Crippen LogP contribution < -0.4 is 5.32 Å². The van der Waals surface area contributed by atoms with Crippen molar-refractivity contribution in [2.75, 3.05) is 26.9 Å². The maximum absolute atomic E-state index is 5.69. The zero-order valence-corrected chi connectivity index (χ0v) is 12.3. The van der Waals surface area contributed by atoms with E-state index in [0.29, 0.717) is 19.1 Å². The van der Waals surface area contributed by atoms with Gasteiger partial charge in [-0.1, -0.05) is 13.8 Å². The van der Waals surface area contributed by atoms with E-state index in [1.54, 1.807) is 7.11 Å². The average molecular weight is 267 g/mol. The second-order valence-corrected chi connectivity index (χ2v) is 4.74. The van der Waals surface area contributed by atoms with Gasteiger partial charge in [-0.3, -0.25) is 0 Å². The van der Waals surface area contributed by atoms with Crippen molar-refractivity contribution in [3.63, 3.8) is 0 Å². The van der Waals surface area contributed by atoms with Crippen molar-refractivity contribution in [3.8, 4) is 0 Å². The second kappa shape index (κ2) is 8.96. The first kappa shape index (κ1) is 16.0. The molecule has 0 saturated heterocycles. The van der Waals surface area contributed by atoms with Crippen LogP contribution in [0.3, 0.4) is 0 Å². The van der Waals surface area contributed by atoms with Gasteiger partial charge in [-0.2, -0.15) is 0 Å². The van der Waals surface area contributed by atoms with Gasteiger partial charge in [0.05, 0.1) is 6.61 Å². The molecule has 108 valence electrons. The molecule has 0 aliphatic rings. The number of ether oxygens (including phenoxy) is 2. The normalized spacial score (nSPS) is 12.9. The van der Waals surface area contributed by atoms with E-state index in [0.717, 1.165) is 24.5 Å². The predicted octanol–water partition coefficient (Wildman–Crippen LogP) is 1.95. The van der Waals surface area contributed by atoms with E-state index in [-0.39, 0.29) is 6.10 Å². The van der Waals surface area contributed by atoms with Crippen molar-refractivity contribution in [1.29, 1.82) is 0 Å². The third-order valence-corrected chi connectivity index (χ3v) is 2.74. The summed E-state index contributed by atoms with van der Waals surface area (Å²) in [6.07, 6.45) is 3.69. The quantitative estimate of drug-likeness (QED) is 0.693. The van der Waals surface area contributed by atoms with Crippen molar-refractivity contribution < 1.29 is 9.47 Å². The highest BCUT2D eigenvalue weighted by Gasteiger charge is 2.18. The lowest BCUT2D eigenvalue weighted by Gasteiger charge is -2.19. The Labute approximate surface area is 115 Å². The Kier molecular flexibility index (Phi) is 7.55. The Morgan fingerprint density at radius 1 is 1.26 bits per heavy atom. The lowest BCUT2D eigenvalue weighted by molar-refractivity contribution is 0.0231. The van der Waals surface area contributed by atoms with Crippen LogP contribution in [0.15, 0.2) is 12.4 Å². The van der Waals surface area contributed by atoms with Gasteiger partial charge in [0.1, 0.15) is 6.10 Å². The molecule has 1 aromatic rings. The topological polar surface area (TPSA) is 56.3 Å². The van der Waals surface area contributed by atoms with Crippen molar-refractivity contribution >= 4 is 0 Å². The molecule has 1 N–H and O–H groups in total. The molecule has 5 heteroatoms.